The van der Waals surface area contributed by atoms with Gasteiger partial charge in [0.25, 0.3) is 0 Å². The molecule has 0 fully saturated rings. The van der Waals surface area contributed by atoms with Gasteiger partial charge in [0.15, 0.2) is 11.5 Å². The van der Waals surface area contributed by atoms with E-state index in [0.29, 0.717) is 28.9 Å². The highest BCUT2D eigenvalue weighted by molar-refractivity contribution is 5.72. The molecule has 0 unspecified atom stereocenters. The van der Waals surface area contributed by atoms with Crippen molar-refractivity contribution < 1.29 is 14.2 Å². The fraction of sp³-hybridized carbons (Fsp3) is 0.280. The monoisotopic (exact) mass is 430 g/mol. The SMILES string of the molecule is COc1cccc([C@H]2C(C#N)=C(N)Oc3n[nH]c(-c4ccc(CC(C)C)cc4)c32)c1OC. The first-order valence-electron chi connectivity index (χ1n) is 10.4. The van der Waals surface area contributed by atoms with Gasteiger partial charge in [0, 0.05) is 11.1 Å². The third-order valence-corrected chi connectivity index (χ3v) is 5.57. The van der Waals surface area contributed by atoms with E-state index in [-0.39, 0.29) is 5.88 Å². The summed E-state index contributed by atoms with van der Waals surface area (Å²) in [4.78, 5) is 0. The lowest BCUT2D eigenvalue weighted by Gasteiger charge is -2.26. The van der Waals surface area contributed by atoms with Crippen LogP contribution in [0.25, 0.3) is 11.3 Å². The molecule has 1 aromatic heterocycles. The van der Waals surface area contributed by atoms with Crippen molar-refractivity contribution in [1.29, 1.82) is 5.26 Å². The summed E-state index contributed by atoms with van der Waals surface area (Å²) in [5, 5.41) is 17.4. The van der Waals surface area contributed by atoms with Crippen LogP contribution in [-0.4, -0.2) is 24.4 Å². The Hall–Kier alpha value is -3.92. The zero-order valence-corrected chi connectivity index (χ0v) is 18.6. The van der Waals surface area contributed by atoms with Gasteiger partial charge in [0.1, 0.15) is 11.6 Å². The van der Waals surface area contributed by atoms with Crippen LogP contribution in [0.5, 0.6) is 17.4 Å². The number of H-pyrrole nitrogens is 1. The molecule has 0 radical (unpaired) electrons. The highest BCUT2D eigenvalue weighted by Gasteiger charge is 2.37. The Balaban J connectivity index is 1.89. The Kier molecular flexibility index (Phi) is 5.78. The molecule has 7 nitrogen and oxygen atoms in total. The van der Waals surface area contributed by atoms with Crippen molar-refractivity contribution in [2.75, 3.05) is 14.2 Å². The average Bonchev–Trinajstić information content (AvgIpc) is 3.20. The van der Waals surface area contributed by atoms with E-state index < -0.39 is 5.92 Å². The molecule has 1 atom stereocenters. The van der Waals surface area contributed by atoms with Gasteiger partial charge < -0.3 is 19.9 Å². The third-order valence-electron chi connectivity index (χ3n) is 5.57. The number of fused-ring (bicyclic) bond motifs is 1. The van der Waals surface area contributed by atoms with Gasteiger partial charge in [-0.15, -0.1) is 5.10 Å². The number of aromatic nitrogens is 2. The highest BCUT2D eigenvalue weighted by Crippen LogP contribution is 2.49. The van der Waals surface area contributed by atoms with Crippen LogP contribution >= 0.6 is 0 Å². The number of nitriles is 1. The lowest BCUT2D eigenvalue weighted by molar-refractivity contribution is 0.348. The van der Waals surface area contributed by atoms with Crippen LogP contribution in [0.15, 0.2) is 53.9 Å². The molecule has 7 heteroatoms. The number of nitrogens with zero attached hydrogens (tertiary/aromatic N) is 2. The second kappa shape index (κ2) is 8.67. The summed E-state index contributed by atoms with van der Waals surface area (Å²) in [6.45, 7) is 4.39. The van der Waals surface area contributed by atoms with E-state index in [4.69, 9.17) is 19.9 Å². The van der Waals surface area contributed by atoms with E-state index >= 15 is 0 Å². The molecular formula is C25H26N4O3. The molecule has 3 N–H and O–H groups in total. The summed E-state index contributed by atoms with van der Waals surface area (Å²) in [5.41, 5.74) is 10.9. The summed E-state index contributed by atoms with van der Waals surface area (Å²) in [5.74, 6) is 1.52. The summed E-state index contributed by atoms with van der Waals surface area (Å²) in [6, 6.07) is 16.1. The summed E-state index contributed by atoms with van der Waals surface area (Å²) in [7, 11) is 3.15. The topological polar surface area (TPSA) is 106 Å². The molecule has 0 amide bonds. The van der Waals surface area contributed by atoms with Gasteiger partial charge in [-0.05, 0) is 24.0 Å². The molecule has 32 heavy (non-hydrogen) atoms. The number of allylic oxidation sites excluding steroid dienone is 1. The van der Waals surface area contributed by atoms with Crippen molar-refractivity contribution in [2.45, 2.75) is 26.2 Å². The third kappa shape index (κ3) is 3.65. The maximum absolute atomic E-state index is 9.96. The van der Waals surface area contributed by atoms with Crippen molar-refractivity contribution in [2.24, 2.45) is 11.7 Å². The zero-order valence-electron chi connectivity index (χ0n) is 18.6. The number of benzene rings is 2. The van der Waals surface area contributed by atoms with E-state index in [0.717, 1.165) is 28.8 Å². The molecule has 0 aliphatic carbocycles. The fourth-order valence-electron chi connectivity index (χ4n) is 4.19. The smallest absolute Gasteiger partial charge is 0.244 e. The number of ether oxygens (including phenoxy) is 3. The van der Waals surface area contributed by atoms with Crippen LogP contribution < -0.4 is 19.9 Å². The first kappa shape index (κ1) is 21.3. The van der Waals surface area contributed by atoms with E-state index in [9.17, 15) is 5.26 Å². The van der Waals surface area contributed by atoms with E-state index in [1.165, 1.54) is 5.56 Å². The highest BCUT2D eigenvalue weighted by atomic mass is 16.5. The van der Waals surface area contributed by atoms with Crippen LogP contribution in [-0.2, 0) is 6.42 Å². The van der Waals surface area contributed by atoms with Gasteiger partial charge in [0.05, 0.1) is 31.4 Å². The summed E-state index contributed by atoms with van der Waals surface area (Å²) in [6.07, 6.45) is 1.01. The van der Waals surface area contributed by atoms with Gasteiger partial charge in [-0.1, -0.05) is 50.2 Å². The second-order valence-corrected chi connectivity index (χ2v) is 8.12. The minimum atomic E-state index is -0.530. The van der Waals surface area contributed by atoms with Gasteiger partial charge in [0.2, 0.25) is 11.8 Å². The molecule has 2 heterocycles. The molecule has 0 saturated carbocycles. The molecule has 2 aromatic carbocycles. The summed E-state index contributed by atoms with van der Waals surface area (Å²) >= 11 is 0. The van der Waals surface area contributed by atoms with Crippen molar-refractivity contribution >= 4 is 0 Å². The molecule has 164 valence electrons. The number of para-hydroxylation sites is 1. The van der Waals surface area contributed by atoms with Gasteiger partial charge in [-0.25, -0.2) is 0 Å². The maximum atomic E-state index is 9.96. The van der Waals surface area contributed by atoms with Gasteiger partial charge in [-0.3, -0.25) is 5.10 Å². The largest absolute Gasteiger partial charge is 0.493 e. The Morgan fingerprint density at radius 2 is 1.91 bits per heavy atom. The van der Waals surface area contributed by atoms with Crippen molar-refractivity contribution in [3.8, 4) is 34.7 Å². The molecule has 0 spiro atoms. The molecule has 1 aliphatic heterocycles. The minimum absolute atomic E-state index is 0.0280. The molecular weight excluding hydrogens is 404 g/mol. The van der Waals surface area contributed by atoms with Gasteiger partial charge in [-0.2, -0.15) is 5.26 Å². The quantitative estimate of drug-likeness (QED) is 0.596. The minimum Gasteiger partial charge on any atom is -0.493 e. The lowest BCUT2D eigenvalue weighted by Crippen LogP contribution is -2.21. The number of aromatic amines is 1. The Bertz CT molecular complexity index is 1200. The van der Waals surface area contributed by atoms with E-state index in [2.05, 4.69) is 54.4 Å². The van der Waals surface area contributed by atoms with Crippen LogP contribution in [0.2, 0.25) is 0 Å². The van der Waals surface area contributed by atoms with Crippen LogP contribution in [0.4, 0.5) is 0 Å². The predicted octanol–water partition coefficient (Wildman–Crippen LogP) is 4.51. The van der Waals surface area contributed by atoms with Crippen molar-refractivity contribution in [3.05, 3.63) is 70.6 Å². The maximum Gasteiger partial charge on any atom is 0.244 e. The zero-order chi connectivity index (χ0) is 22.8. The van der Waals surface area contributed by atoms with E-state index in [1.54, 1.807) is 14.2 Å². The molecule has 4 rings (SSSR count). The Morgan fingerprint density at radius 1 is 1.16 bits per heavy atom. The first-order chi connectivity index (χ1) is 15.5. The Labute approximate surface area is 187 Å². The average molecular weight is 431 g/mol. The number of hydrogen-bond acceptors (Lipinski definition) is 6. The first-order valence-corrected chi connectivity index (χ1v) is 10.4. The predicted molar refractivity (Wildman–Crippen MR) is 121 cm³/mol. The molecule has 0 bridgehead atoms. The van der Waals surface area contributed by atoms with Crippen LogP contribution in [0.1, 0.15) is 36.5 Å². The van der Waals surface area contributed by atoms with E-state index in [1.807, 2.05) is 18.2 Å². The van der Waals surface area contributed by atoms with Gasteiger partial charge >= 0.3 is 0 Å². The normalized spacial score (nSPS) is 15.2. The number of hydrogen-bond donors (Lipinski definition) is 2. The van der Waals surface area contributed by atoms with Crippen molar-refractivity contribution in [3.63, 3.8) is 0 Å². The fourth-order valence-corrected chi connectivity index (χ4v) is 4.19. The number of methoxy groups -OCH3 is 2. The van der Waals surface area contributed by atoms with Crippen LogP contribution in [0, 0.1) is 17.2 Å². The molecule has 3 aromatic rings. The Morgan fingerprint density at radius 3 is 2.53 bits per heavy atom. The molecule has 0 saturated heterocycles. The number of rotatable bonds is 6. The summed E-state index contributed by atoms with van der Waals surface area (Å²) < 4.78 is 16.9. The van der Waals surface area contributed by atoms with Crippen molar-refractivity contribution in [1.82, 2.24) is 10.2 Å². The van der Waals surface area contributed by atoms with Crippen LogP contribution in [0.3, 0.4) is 0 Å². The lowest BCUT2D eigenvalue weighted by atomic mass is 9.82. The second-order valence-electron chi connectivity index (χ2n) is 8.12. The number of nitrogens with two attached hydrogens (primary N) is 1. The number of nitrogens with one attached hydrogen (secondary N) is 1. The standard InChI is InChI=1S/C25H26N4O3/c1-14(2)12-15-8-10-16(11-9-15)22-21-20(17-6-5-7-19(30-3)23(17)31-4)18(13-26)24(27)32-25(21)29-28-22/h5-11,14,20H,12,27H2,1-4H3,(H,28,29)/t20-/m0/s1. The molecule has 1 aliphatic rings.